The standard InChI is InChI=1S/C11H9N3O2S2/c1-2-16-11(15)7-10-14(4-6-18-10)8(13-7)9-12-3-5-17-9/h3-6H,2H2,1H3. The van der Waals surface area contributed by atoms with Crippen LogP contribution in [-0.2, 0) is 4.74 Å². The summed E-state index contributed by atoms with van der Waals surface area (Å²) in [5, 5.41) is 4.59. The molecule has 3 aromatic rings. The minimum Gasteiger partial charge on any atom is -0.461 e. The second kappa shape index (κ2) is 4.51. The van der Waals surface area contributed by atoms with E-state index in [1.165, 1.54) is 22.7 Å². The number of esters is 1. The Morgan fingerprint density at radius 3 is 3.06 bits per heavy atom. The molecule has 0 amide bonds. The van der Waals surface area contributed by atoms with Crippen molar-refractivity contribution in [2.45, 2.75) is 6.92 Å². The highest BCUT2D eigenvalue weighted by atomic mass is 32.1. The van der Waals surface area contributed by atoms with Gasteiger partial charge in [-0.15, -0.1) is 22.7 Å². The summed E-state index contributed by atoms with van der Waals surface area (Å²) in [5.74, 6) is 0.296. The second-order valence-corrected chi connectivity index (χ2v) is 5.21. The summed E-state index contributed by atoms with van der Waals surface area (Å²) in [6, 6.07) is 0. The first kappa shape index (κ1) is 11.4. The Bertz CT molecular complexity index is 684. The van der Waals surface area contributed by atoms with Crippen LogP contribution in [0.3, 0.4) is 0 Å². The summed E-state index contributed by atoms with van der Waals surface area (Å²) < 4.78 is 6.88. The Morgan fingerprint density at radius 2 is 2.33 bits per heavy atom. The molecule has 0 radical (unpaired) electrons. The van der Waals surface area contributed by atoms with E-state index in [1.807, 2.05) is 21.4 Å². The first-order valence-corrected chi connectivity index (χ1v) is 7.09. The fourth-order valence-electron chi connectivity index (χ4n) is 1.64. The summed E-state index contributed by atoms with van der Waals surface area (Å²) in [6.07, 6.45) is 3.60. The maximum atomic E-state index is 11.8. The molecule has 0 saturated heterocycles. The van der Waals surface area contributed by atoms with Gasteiger partial charge in [0, 0.05) is 23.2 Å². The Balaban J connectivity index is 2.17. The number of fused-ring (bicyclic) bond motifs is 1. The molecule has 18 heavy (non-hydrogen) atoms. The molecule has 0 aliphatic rings. The number of thiazole rings is 2. The van der Waals surface area contributed by atoms with Gasteiger partial charge in [-0.1, -0.05) is 0 Å². The van der Waals surface area contributed by atoms with Crippen LogP contribution in [0.4, 0.5) is 0 Å². The fourth-order valence-corrected chi connectivity index (χ4v) is 3.08. The van der Waals surface area contributed by atoms with Crippen LogP contribution in [0.1, 0.15) is 17.4 Å². The van der Waals surface area contributed by atoms with Gasteiger partial charge in [0.05, 0.1) is 6.61 Å². The number of carbonyl (C=O) groups is 1. The van der Waals surface area contributed by atoms with Crippen LogP contribution in [0, 0.1) is 0 Å². The van der Waals surface area contributed by atoms with Crippen LogP contribution in [0.25, 0.3) is 15.7 Å². The maximum absolute atomic E-state index is 11.8. The van der Waals surface area contributed by atoms with Gasteiger partial charge in [0.2, 0.25) is 0 Å². The van der Waals surface area contributed by atoms with Crippen molar-refractivity contribution < 1.29 is 9.53 Å². The molecule has 0 aliphatic heterocycles. The van der Waals surface area contributed by atoms with Crippen molar-refractivity contribution in [2.24, 2.45) is 0 Å². The van der Waals surface area contributed by atoms with E-state index in [2.05, 4.69) is 9.97 Å². The van der Waals surface area contributed by atoms with E-state index in [4.69, 9.17) is 4.74 Å². The molecule has 0 fully saturated rings. The molecule has 0 bridgehead atoms. The molecule has 3 heterocycles. The van der Waals surface area contributed by atoms with Crippen LogP contribution in [-0.4, -0.2) is 26.9 Å². The first-order chi connectivity index (χ1) is 8.81. The van der Waals surface area contributed by atoms with Crippen molar-refractivity contribution >= 4 is 33.5 Å². The third-order valence-electron chi connectivity index (χ3n) is 2.35. The van der Waals surface area contributed by atoms with E-state index in [1.54, 1.807) is 13.1 Å². The zero-order chi connectivity index (χ0) is 12.5. The number of imidazole rings is 1. The van der Waals surface area contributed by atoms with E-state index in [0.717, 1.165) is 9.84 Å². The number of hydrogen-bond acceptors (Lipinski definition) is 6. The number of rotatable bonds is 3. The molecule has 3 aromatic heterocycles. The highest BCUT2D eigenvalue weighted by Crippen LogP contribution is 2.27. The average molecular weight is 279 g/mol. The van der Waals surface area contributed by atoms with Gasteiger partial charge < -0.3 is 4.74 Å². The molecule has 0 N–H and O–H groups in total. The SMILES string of the molecule is CCOC(=O)c1nc(-c2nccs2)n2ccsc12. The molecule has 5 nitrogen and oxygen atoms in total. The Hall–Kier alpha value is -1.73. The van der Waals surface area contributed by atoms with E-state index in [9.17, 15) is 4.79 Å². The molecule has 7 heteroatoms. The average Bonchev–Trinajstić information content (AvgIpc) is 3.06. The van der Waals surface area contributed by atoms with Crippen molar-refractivity contribution in [3.05, 3.63) is 28.8 Å². The van der Waals surface area contributed by atoms with Crippen molar-refractivity contribution in [2.75, 3.05) is 6.61 Å². The fraction of sp³-hybridized carbons (Fsp3) is 0.182. The molecule has 0 aliphatic carbocycles. The van der Waals surface area contributed by atoms with Gasteiger partial charge in [0.1, 0.15) is 4.83 Å². The molecule has 0 spiro atoms. The van der Waals surface area contributed by atoms with Gasteiger partial charge in [-0.25, -0.2) is 14.8 Å². The third kappa shape index (κ3) is 1.72. The lowest BCUT2D eigenvalue weighted by Gasteiger charge is -1.96. The van der Waals surface area contributed by atoms with Gasteiger partial charge >= 0.3 is 5.97 Å². The smallest absolute Gasteiger partial charge is 0.360 e. The Labute approximate surface area is 111 Å². The van der Waals surface area contributed by atoms with Crippen LogP contribution < -0.4 is 0 Å². The van der Waals surface area contributed by atoms with E-state index < -0.39 is 0 Å². The summed E-state index contributed by atoms with van der Waals surface area (Å²) in [5.41, 5.74) is 0.358. The molecule has 3 rings (SSSR count). The zero-order valence-electron chi connectivity index (χ0n) is 9.49. The van der Waals surface area contributed by atoms with Crippen molar-refractivity contribution in [1.29, 1.82) is 0 Å². The topological polar surface area (TPSA) is 56.5 Å². The van der Waals surface area contributed by atoms with Crippen LogP contribution >= 0.6 is 22.7 Å². The number of hydrogen-bond donors (Lipinski definition) is 0. The monoisotopic (exact) mass is 279 g/mol. The normalized spacial score (nSPS) is 10.9. The predicted molar refractivity (Wildman–Crippen MR) is 70.1 cm³/mol. The highest BCUT2D eigenvalue weighted by Gasteiger charge is 2.21. The predicted octanol–water partition coefficient (Wildman–Crippen LogP) is 2.70. The lowest BCUT2D eigenvalue weighted by atomic mass is 10.5. The second-order valence-electron chi connectivity index (χ2n) is 3.42. The van der Waals surface area contributed by atoms with Gasteiger partial charge in [0.25, 0.3) is 0 Å². The van der Waals surface area contributed by atoms with Gasteiger partial charge in [0.15, 0.2) is 16.5 Å². The van der Waals surface area contributed by atoms with Crippen molar-refractivity contribution in [3.8, 4) is 10.8 Å². The van der Waals surface area contributed by atoms with Gasteiger partial charge in [-0.2, -0.15) is 0 Å². The van der Waals surface area contributed by atoms with E-state index >= 15 is 0 Å². The summed E-state index contributed by atoms with van der Waals surface area (Å²) in [6.45, 7) is 2.12. The Morgan fingerprint density at radius 1 is 1.44 bits per heavy atom. The van der Waals surface area contributed by atoms with E-state index in [-0.39, 0.29) is 5.97 Å². The minimum atomic E-state index is -0.389. The lowest BCUT2D eigenvalue weighted by Crippen LogP contribution is -2.05. The third-order valence-corrected chi connectivity index (χ3v) is 3.99. The lowest BCUT2D eigenvalue weighted by molar-refractivity contribution is 0.0523. The number of carbonyl (C=O) groups excluding carboxylic acids is 1. The maximum Gasteiger partial charge on any atom is 0.360 e. The minimum absolute atomic E-state index is 0.343. The zero-order valence-corrected chi connectivity index (χ0v) is 11.1. The molecule has 0 unspecified atom stereocenters. The van der Waals surface area contributed by atoms with Gasteiger partial charge in [-0.05, 0) is 6.92 Å². The highest BCUT2D eigenvalue weighted by molar-refractivity contribution is 7.16. The summed E-state index contributed by atoms with van der Waals surface area (Å²) >= 11 is 2.95. The van der Waals surface area contributed by atoms with E-state index in [0.29, 0.717) is 18.1 Å². The summed E-state index contributed by atoms with van der Waals surface area (Å²) in [7, 11) is 0. The van der Waals surface area contributed by atoms with Crippen LogP contribution in [0.2, 0.25) is 0 Å². The number of nitrogens with zero attached hydrogens (tertiary/aromatic N) is 3. The number of aromatic nitrogens is 3. The van der Waals surface area contributed by atoms with Gasteiger partial charge in [-0.3, -0.25) is 4.40 Å². The van der Waals surface area contributed by atoms with Crippen molar-refractivity contribution in [3.63, 3.8) is 0 Å². The largest absolute Gasteiger partial charge is 0.461 e. The van der Waals surface area contributed by atoms with Crippen LogP contribution in [0.15, 0.2) is 23.2 Å². The van der Waals surface area contributed by atoms with Crippen LogP contribution in [0.5, 0.6) is 0 Å². The molecular weight excluding hydrogens is 270 g/mol. The van der Waals surface area contributed by atoms with Crippen molar-refractivity contribution in [1.82, 2.24) is 14.4 Å². The molecular formula is C11H9N3O2S2. The molecule has 92 valence electrons. The molecule has 0 atom stereocenters. The molecule has 0 aromatic carbocycles. The summed E-state index contributed by atoms with van der Waals surface area (Å²) in [4.78, 5) is 21.2. The molecule has 0 saturated carbocycles. The number of ether oxygens (including phenoxy) is 1. The first-order valence-electron chi connectivity index (χ1n) is 5.33. The Kier molecular flexibility index (Phi) is 2.85. The quantitative estimate of drug-likeness (QED) is 0.692.